The molecule has 0 spiro atoms. The lowest BCUT2D eigenvalue weighted by Gasteiger charge is -2.23. The van der Waals surface area contributed by atoms with Gasteiger partial charge in [-0.05, 0) is 18.1 Å². The van der Waals surface area contributed by atoms with Crippen LogP contribution in [0.2, 0.25) is 0 Å². The molecule has 0 saturated heterocycles. The second-order valence-corrected chi connectivity index (χ2v) is 6.51. The average molecular weight is 330 g/mol. The van der Waals surface area contributed by atoms with E-state index in [0.29, 0.717) is 32.2 Å². The SMILES string of the molecule is CC(C)Cc1cc(CN2CCOCc3ccc(C(=O)O)cc32)no1. The summed E-state index contributed by atoms with van der Waals surface area (Å²) in [5.41, 5.74) is 3.00. The lowest BCUT2D eigenvalue weighted by molar-refractivity contribution is 0.0697. The first-order valence-electron chi connectivity index (χ1n) is 8.16. The number of nitrogens with zero attached hydrogens (tertiary/aromatic N) is 2. The first kappa shape index (κ1) is 16.5. The number of benzene rings is 1. The number of rotatable bonds is 5. The molecule has 1 N–H and O–H groups in total. The third-order valence-corrected chi connectivity index (χ3v) is 4.01. The molecule has 0 saturated carbocycles. The first-order valence-corrected chi connectivity index (χ1v) is 8.16. The molecule has 0 amide bonds. The minimum atomic E-state index is -0.927. The molecule has 0 radical (unpaired) electrons. The number of aromatic carboxylic acids is 1. The highest BCUT2D eigenvalue weighted by Crippen LogP contribution is 2.27. The normalized spacial score (nSPS) is 14.5. The number of anilines is 1. The van der Waals surface area contributed by atoms with Crippen LogP contribution in [0.15, 0.2) is 28.8 Å². The Morgan fingerprint density at radius 3 is 2.96 bits per heavy atom. The summed E-state index contributed by atoms with van der Waals surface area (Å²) in [5, 5.41) is 13.4. The fourth-order valence-electron chi connectivity index (χ4n) is 2.88. The summed E-state index contributed by atoms with van der Waals surface area (Å²) < 4.78 is 11.0. The topological polar surface area (TPSA) is 75.8 Å². The maximum Gasteiger partial charge on any atom is 0.335 e. The molecule has 128 valence electrons. The van der Waals surface area contributed by atoms with Crippen LogP contribution in [0.5, 0.6) is 0 Å². The van der Waals surface area contributed by atoms with Gasteiger partial charge in [0.2, 0.25) is 0 Å². The number of carboxylic acids is 1. The Balaban J connectivity index is 1.84. The quantitative estimate of drug-likeness (QED) is 0.908. The highest BCUT2D eigenvalue weighted by molar-refractivity contribution is 5.89. The van der Waals surface area contributed by atoms with Gasteiger partial charge < -0.3 is 19.3 Å². The smallest absolute Gasteiger partial charge is 0.335 e. The van der Waals surface area contributed by atoms with Crippen molar-refractivity contribution in [1.82, 2.24) is 5.16 Å². The van der Waals surface area contributed by atoms with Crippen molar-refractivity contribution in [2.45, 2.75) is 33.4 Å². The van der Waals surface area contributed by atoms with Crippen LogP contribution < -0.4 is 4.90 Å². The van der Waals surface area contributed by atoms with Crippen molar-refractivity contribution in [2.75, 3.05) is 18.1 Å². The van der Waals surface area contributed by atoms with Gasteiger partial charge in [0.05, 0.1) is 25.3 Å². The summed E-state index contributed by atoms with van der Waals surface area (Å²) >= 11 is 0. The zero-order chi connectivity index (χ0) is 17.1. The lowest BCUT2D eigenvalue weighted by atomic mass is 10.1. The molecule has 0 aliphatic carbocycles. The predicted octanol–water partition coefficient (Wildman–Crippen LogP) is 3.11. The standard InChI is InChI=1S/C18H22N2O4/c1-12(2)7-16-9-15(19-24-16)10-20-5-6-23-11-14-4-3-13(18(21)22)8-17(14)20/h3-4,8-9,12H,5-7,10-11H2,1-2H3,(H,21,22). The minimum absolute atomic E-state index is 0.279. The molecule has 0 bridgehead atoms. The number of hydrogen-bond acceptors (Lipinski definition) is 5. The predicted molar refractivity (Wildman–Crippen MR) is 89.2 cm³/mol. The molecule has 3 rings (SSSR count). The van der Waals surface area contributed by atoms with E-state index < -0.39 is 5.97 Å². The fraction of sp³-hybridized carbons (Fsp3) is 0.444. The minimum Gasteiger partial charge on any atom is -0.478 e. The number of fused-ring (bicyclic) bond motifs is 1. The van der Waals surface area contributed by atoms with Gasteiger partial charge in [-0.3, -0.25) is 0 Å². The van der Waals surface area contributed by atoms with Crippen LogP contribution in [0, 0.1) is 5.92 Å². The molecule has 0 unspecified atom stereocenters. The Bertz CT molecular complexity index is 724. The third kappa shape index (κ3) is 3.76. The molecule has 2 aromatic rings. The van der Waals surface area contributed by atoms with E-state index in [1.54, 1.807) is 12.1 Å². The summed E-state index contributed by atoms with van der Waals surface area (Å²) in [5.74, 6) is 0.463. The van der Waals surface area contributed by atoms with E-state index in [-0.39, 0.29) is 5.56 Å². The zero-order valence-electron chi connectivity index (χ0n) is 14.0. The van der Waals surface area contributed by atoms with E-state index in [1.807, 2.05) is 12.1 Å². The first-order chi connectivity index (χ1) is 11.5. The molecule has 0 atom stereocenters. The largest absolute Gasteiger partial charge is 0.478 e. The van der Waals surface area contributed by atoms with E-state index >= 15 is 0 Å². The maximum atomic E-state index is 11.3. The van der Waals surface area contributed by atoms with Gasteiger partial charge in [-0.25, -0.2) is 4.79 Å². The molecular formula is C18H22N2O4. The van der Waals surface area contributed by atoms with Crippen molar-refractivity contribution in [3.8, 4) is 0 Å². The van der Waals surface area contributed by atoms with Crippen molar-refractivity contribution in [3.63, 3.8) is 0 Å². The van der Waals surface area contributed by atoms with Crippen LogP contribution in [-0.2, 0) is 24.3 Å². The highest BCUT2D eigenvalue weighted by atomic mass is 16.5. The average Bonchev–Trinajstić information content (AvgIpc) is 2.86. The lowest BCUT2D eigenvalue weighted by Crippen LogP contribution is -2.26. The molecule has 1 aliphatic heterocycles. The highest BCUT2D eigenvalue weighted by Gasteiger charge is 2.19. The van der Waals surface area contributed by atoms with Crippen LogP contribution >= 0.6 is 0 Å². The van der Waals surface area contributed by atoms with Gasteiger partial charge in [0, 0.05) is 30.3 Å². The Labute approximate surface area is 141 Å². The van der Waals surface area contributed by atoms with Crippen LogP contribution in [0.3, 0.4) is 0 Å². The van der Waals surface area contributed by atoms with Gasteiger partial charge in [0.25, 0.3) is 0 Å². The van der Waals surface area contributed by atoms with Crippen molar-refractivity contribution in [1.29, 1.82) is 0 Å². The van der Waals surface area contributed by atoms with Crippen molar-refractivity contribution in [2.24, 2.45) is 5.92 Å². The Hall–Kier alpha value is -2.34. The number of hydrogen-bond donors (Lipinski definition) is 1. The van der Waals surface area contributed by atoms with Crippen LogP contribution in [0.4, 0.5) is 5.69 Å². The molecular weight excluding hydrogens is 308 g/mol. The molecule has 6 heteroatoms. The number of carbonyl (C=O) groups is 1. The van der Waals surface area contributed by atoms with Crippen molar-refractivity contribution in [3.05, 3.63) is 46.8 Å². The molecule has 2 heterocycles. The maximum absolute atomic E-state index is 11.3. The van der Waals surface area contributed by atoms with Crippen LogP contribution in [-0.4, -0.2) is 29.4 Å². The van der Waals surface area contributed by atoms with Crippen LogP contribution in [0.1, 0.15) is 41.2 Å². The molecule has 1 aromatic heterocycles. The van der Waals surface area contributed by atoms with Gasteiger partial charge in [0.1, 0.15) is 11.5 Å². The Morgan fingerprint density at radius 1 is 1.38 bits per heavy atom. The van der Waals surface area contributed by atoms with Gasteiger partial charge in [-0.1, -0.05) is 25.1 Å². The van der Waals surface area contributed by atoms with Gasteiger partial charge in [-0.2, -0.15) is 0 Å². The van der Waals surface area contributed by atoms with E-state index in [2.05, 4.69) is 23.9 Å². The van der Waals surface area contributed by atoms with Gasteiger partial charge in [-0.15, -0.1) is 0 Å². The Kier molecular flexibility index (Phi) is 4.85. The van der Waals surface area contributed by atoms with E-state index in [1.165, 1.54) is 0 Å². The molecule has 1 aromatic carbocycles. The number of carboxylic acid groups (broad SMARTS) is 1. The van der Waals surface area contributed by atoms with E-state index in [4.69, 9.17) is 9.26 Å². The molecule has 1 aliphatic rings. The van der Waals surface area contributed by atoms with Crippen molar-refractivity contribution >= 4 is 11.7 Å². The van der Waals surface area contributed by atoms with Gasteiger partial charge >= 0.3 is 5.97 Å². The molecule has 24 heavy (non-hydrogen) atoms. The van der Waals surface area contributed by atoms with E-state index in [9.17, 15) is 9.90 Å². The monoisotopic (exact) mass is 330 g/mol. The van der Waals surface area contributed by atoms with Gasteiger partial charge in [0.15, 0.2) is 0 Å². The Morgan fingerprint density at radius 2 is 2.21 bits per heavy atom. The fourth-order valence-corrected chi connectivity index (χ4v) is 2.88. The summed E-state index contributed by atoms with van der Waals surface area (Å²) in [7, 11) is 0. The second-order valence-electron chi connectivity index (χ2n) is 6.51. The number of ether oxygens (including phenoxy) is 1. The third-order valence-electron chi connectivity index (χ3n) is 4.01. The molecule has 0 fully saturated rings. The van der Waals surface area contributed by atoms with Crippen molar-refractivity contribution < 1.29 is 19.2 Å². The van der Waals surface area contributed by atoms with Crippen LogP contribution in [0.25, 0.3) is 0 Å². The summed E-state index contributed by atoms with van der Waals surface area (Å²) in [6.07, 6.45) is 0.857. The number of aromatic nitrogens is 1. The second kappa shape index (κ2) is 7.05. The summed E-state index contributed by atoms with van der Waals surface area (Å²) in [4.78, 5) is 13.4. The van der Waals surface area contributed by atoms with E-state index in [0.717, 1.165) is 29.1 Å². The zero-order valence-corrected chi connectivity index (χ0v) is 14.0. The summed E-state index contributed by atoms with van der Waals surface area (Å²) in [6, 6.07) is 7.13. The summed E-state index contributed by atoms with van der Waals surface area (Å²) in [6.45, 7) is 6.61. The molecule has 6 nitrogen and oxygen atoms in total.